The maximum atomic E-state index is 11.9. The maximum Gasteiger partial charge on any atom is 0.228 e. The number of nitrogens with one attached hydrogen (secondary N) is 1. The molecule has 0 aromatic heterocycles. The quantitative estimate of drug-likeness (QED) is 0.811. The first-order valence-electron chi connectivity index (χ1n) is 5.24. The van der Waals surface area contributed by atoms with Gasteiger partial charge in [0, 0.05) is 3.57 Å². The van der Waals surface area contributed by atoms with E-state index in [1.807, 2.05) is 24.3 Å². The molecule has 0 bridgehead atoms. The minimum atomic E-state index is -3.01. The third-order valence-electron chi connectivity index (χ3n) is 2.73. The average Bonchev–Trinajstić information content (AvgIpc) is 2.62. The van der Waals surface area contributed by atoms with Crippen LogP contribution in [0.4, 0.5) is 5.69 Å². The first kappa shape index (κ1) is 12.8. The largest absolute Gasteiger partial charge is 0.325 e. The molecule has 0 unspecified atom stereocenters. The predicted molar refractivity (Wildman–Crippen MR) is 74.5 cm³/mol. The summed E-state index contributed by atoms with van der Waals surface area (Å²) in [5.41, 5.74) is 0.738. The van der Waals surface area contributed by atoms with E-state index < -0.39 is 15.8 Å². The normalized spacial score (nSPS) is 22.3. The Hall–Kier alpha value is -0.630. The number of benzene rings is 1. The highest BCUT2D eigenvalue weighted by Gasteiger charge is 2.33. The second-order valence-corrected chi connectivity index (χ2v) is 7.46. The van der Waals surface area contributed by atoms with Crippen LogP contribution in [0.25, 0.3) is 0 Å². The van der Waals surface area contributed by atoms with Crippen LogP contribution in [0.3, 0.4) is 0 Å². The van der Waals surface area contributed by atoms with Crippen LogP contribution in [0.1, 0.15) is 6.42 Å². The van der Waals surface area contributed by atoms with Crippen LogP contribution >= 0.6 is 22.6 Å². The number of amides is 1. The summed E-state index contributed by atoms with van der Waals surface area (Å²) in [4.78, 5) is 11.9. The number of hydrogen-bond donors (Lipinski definition) is 1. The van der Waals surface area contributed by atoms with Crippen LogP contribution in [0, 0.1) is 9.49 Å². The van der Waals surface area contributed by atoms with Crippen molar-refractivity contribution in [3.63, 3.8) is 0 Å². The number of carbonyl (C=O) groups excluding carboxylic acids is 1. The van der Waals surface area contributed by atoms with Crippen molar-refractivity contribution in [1.82, 2.24) is 0 Å². The van der Waals surface area contributed by atoms with E-state index in [9.17, 15) is 13.2 Å². The van der Waals surface area contributed by atoms with Crippen molar-refractivity contribution in [2.45, 2.75) is 6.42 Å². The van der Waals surface area contributed by atoms with E-state index in [0.717, 1.165) is 9.26 Å². The molecule has 92 valence electrons. The number of sulfone groups is 1. The summed E-state index contributed by atoms with van der Waals surface area (Å²) >= 11 is 2.13. The van der Waals surface area contributed by atoms with Crippen LogP contribution in [0.15, 0.2) is 24.3 Å². The highest BCUT2D eigenvalue weighted by Crippen LogP contribution is 2.22. The average molecular weight is 365 g/mol. The number of halogens is 1. The molecular formula is C11H12INO3S. The summed E-state index contributed by atoms with van der Waals surface area (Å²) in [6, 6.07) is 7.42. The van der Waals surface area contributed by atoms with Crippen molar-refractivity contribution in [2.24, 2.45) is 5.92 Å². The Morgan fingerprint density at radius 3 is 2.65 bits per heavy atom. The number of para-hydroxylation sites is 1. The van der Waals surface area contributed by atoms with Crippen LogP contribution in [-0.2, 0) is 14.6 Å². The standard InChI is InChI=1S/C11H12INO3S/c12-9-3-1-2-4-10(9)13-11(14)8-5-6-17(15,16)7-8/h1-4,8H,5-7H2,(H,13,14)/t8-/m1/s1. The van der Waals surface area contributed by atoms with Gasteiger partial charge in [0.1, 0.15) is 0 Å². The van der Waals surface area contributed by atoms with Crippen molar-refractivity contribution in [2.75, 3.05) is 16.8 Å². The van der Waals surface area contributed by atoms with E-state index in [0.29, 0.717) is 6.42 Å². The Morgan fingerprint density at radius 1 is 1.35 bits per heavy atom. The topological polar surface area (TPSA) is 63.2 Å². The van der Waals surface area contributed by atoms with Crippen molar-refractivity contribution in [1.29, 1.82) is 0 Å². The summed E-state index contributed by atoms with van der Waals surface area (Å²) in [5.74, 6) is -0.509. The van der Waals surface area contributed by atoms with Gasteiger partial charge >= 0.3 is 0 Å². The highest BCUT2D eigenvalue weighted by molar-refractivity contribution is 14.1. The monoisotopic (exact) mass is 365 g/mol. The molecule has 1 aromatic rings. The molecule has 1 saturated heterocycles. The molecule has 1 aromatic carbocycles. The highest BCUT2D eigenvalue weighted by atomic mass is 127. The number of rotatable bonds is 2. The van der Waals surface area contributed by atoms with E-state index in [1.54, 1.807) is 0 Å². The third kappa shape index (κ3) is 3.19. The van der Waals surface area contributed by atoms with Crippen LogP contribution in [0.2, 0.25) is 0 Å². The molecule has 1 fully saturated rings. The van der Waals surface area contributed by atoms with E-state index in [4.69, 9.17) is 0 Å². The summed E-state index contributed by atoms with van der Waals surface area (Å²) < 4.78 is 23.5. The second-order valence-electron chi connectivity index (χ2n) is 4.07. The first-order valence-corrected chi connectivity index (χ1v) is 8.14. The Labute approximate surface area is 114 Å². The molecule has 0 spiro atoms. The third-order valence-corrected chi connectivity index (χ3v) is 5.44. The van der Waals surface area contributed by atoms with Gasteiger partial charge in [0.2, 0.25) is 5.91 Å². The fourth-order valence-electron chi connectivity index (χ4n) is 1.80. The van der Waals surface area contributed by atoms with Crippen molar-refractivity contribution >= 4 is 44.0 Å². The number of anilines is 1. The molecule has 1 atom stereocenters. The van der Waals surface area contributed by atoms with E-state index in [1.165, 1.54) is 0 Å². The molecule has 1 aliphatic rings. The van der Waals surface area contributed by atoms with Gasteiger partial charge in [0.15, 0.2) is 9.84 Å². The molecular weight excluding hydrogens is 353 g/mol. The lowest BCUT2D eigenvalue weighted by Gasteiger charge is -2.10. The maximum absolute atomic E-state index is 11.9. The molecule has 4 nitrogen and oxygen atoms in total. The van der Waals surface area contributed by atoms with Gasteiger partial charge in [-0.3, -0.25) is 4.79 Å². The summed E-state index contributed by atoms with van der Waals surface area (Å²) in [7, 11) is -3.01. The lowest BCUT2D eigenvalue weighted by molar-refractivity contribution is -0.119. The molecule has 0 radical (unpaired) electrons. The van der Waals surface area contributed by atoms with Crippen molar-refractivity contribution in [3.8, 4) is 0 Å². The van der Waals surface area contributed by atoms with Crippen LogP contribution < -0.4 is 5.32 Å². The van der Waals surface area contributed by atoms with E-state index in [2.05, 4.69) is 27.9 Å². The zero-order valence-corrected chi connectivity index (χ0v) is 12.0. The molecule has 2 rings (SSSR count). The van der Waals surface area contributed by atoms with Crippen molar-refractivity contribution < 1.29 is 13.2 Å². The fraction of sp³-hybridized carbons (Fsp3) is 0.364. The Balaban J connectivity index is 2.06. The van der Waals surface area contributed by atoms with Gasteiger partial charge in [0.25, 0.3) is 0 Å². The van der Waals surface area contributed by atoms with E-state index >= 15 is 0 Å². The Morgan fingerprint density at radius 2 is 2.06 bits per heavy atom. The summed E-state index contributed by atoms with van der Waals surface area (Å²) in [5, 5.41) is 2.78. The fourth-order valence-corrected chi connectivity index (χ4v) is 4.06. The smallest absolute Gasteiger partial charge is 0.228 e. The second kappa shape index (κ2) is 4.93. The molecule has 17 heavy (non-hydrogen) atoms. The summed E-state index contributed by atoms with van der Waals surface area (Å²) in [6.07, 6.45) is 0.428. The van der Waals surface area contributed by atoms with Gasteiger partial charge in [-0.2, -0.15) is 0 Å². The molecule has 1 amide bonds. The Kier molecular flexibility index (Phi) is 3.72. The molecule has 1 aliphatic heterocycles. The van der Waals surface area contributed by atoms with Gasteiger partial charge in [-0.05, 0) is 41.1 Å². The minimum absolute atomic E-state index is 0.0255. The molecule has 6 heteroatoms. The lowest BCUT2D eigenvalue weighted by Crippen LogP contribution is -2.24. The van der Waals surface area contributed by atoms with Gasteiger partial charge in [-0.25, -0.2) is 8.42 Å². The molecule has 1 heterocycles. The first-order chi connectivity index (χ1) is 7.98. The molecule has 0 saturated carbocycles. The van der Waals surface area contributed by atoms with E-state index in [-0.39, 0.29) is 17.4 Å². The van der Waals surface area contributed by atoms with Crippen LogP contribution in [0.5, 0.6) is 0 Å². The molecule has 1 N–H and O–H groups in total. The number of hydrogen-bond acceptors (Lipinski definition) is 3. The Bertz CT molecular complexity index is 541. The van der Waals surface area contributed by atoms with Crippen LogP contribution in [-0.4, -0.2) is 25.8 Å². The SMILES string of the molecule is O=C(Nc1ccccc1I)[C@@H]1CCS(=O)(=O)C1. The predicted octanol–water partition coefficient (Wildman–Crippen LogP) is 1.66. The summed E-state index contributed by atoms with van der Waals surface area (Å²) in [6.45, 7) is 0. The zero-order valence-electron chi connectivity index (χ0n) is 9.02. The van der Waals surface area contributed by atoms with Gasteiger partial charge < -0.3 is 5.32 Å². The molecule has 0 aliphatic carbocycles. The van der Waals surface area contributed by atoms with Gasteiger partial charge in [-0.1, -0.05) is 12.1 Å². The lowest BCUT2D eigenvalue weighted by atomic mass is 10.1. The van der Waals surface area contributed by atoms with Gasteiger partial charge in [-0.15, -0.1) is 0 Å². The van der Waals surface area contributed by atoms with Crippen molar-refractivity contribution in [3.05, 3.63) is 27.8 Å². The zero-order chi connectivity index (χ0) is 12.5. The number of carbonyl (C=O) groups is 1. The van der Waals surface area contributed by atoms with Gasteiger partial charge in [0.05, 0.1) is 23.1 Å². The minimum Gasteiger partial charge on any atom is -0.325 e.